The normalized spacial score (nSPS) is 15.9. The fourth-order valence-corrected chi connectivity index (χ4v) is 3.35. The third-order valence-electron chi connectivity index (χ3n) is 4.84. The monoisotopic (exact) mass is 319 g/mol. The zero-order valence-corrected chi connectivity index (χ0v) is 14.1. The Labute approximate surface area is 139 Å². The van der Waals surface area contributed by atoms with Crippen LogP contribution in [0, 0.1) is 0 Å². The molecular formula is C19H29NO3. The van der Waals surface area contributed by atoms with Crippen molar-refractivity contribution in [2.24, 2.45) is 0 Å². The summed E-state index contributed by atoms with van der Waals surface area (Å²) in [5, 5.41) is 13.0. The molecule has 0 radical (unpaired) electrons. The number of amides is 1. The molecule has 2 rings (SSSR count). The molecule has 1 amide bonds. The number of carbonyl (C=O) groups is 1. The number of unbranched alkanes of at least 4 members (excludes halogenated alkanes) is 6. The van der Waals surface area contributed by atoms with Crippen molar-refractivity contribution in [3.05, 3.63) is 23.8 Å². The van der Waals surface area contributed by atoms with Crippen molar-refractivity contribution in [2.75, 3.05) is 18.5 Å². The first-order chi connectivity index (χ1) is 11.2. The van der Waals surface area contributed by atoms with Gasteiger partial charge in [-0.25, -0.2) is 0 Å². The number of phenolic OH excluding ortho intramolecular Hbond substituents is 1. The molecule has 128 valence electrons. The van der Waals surface area contributed by atoms with E-state index < -0.39 is 0 Å². The van der Waals surface area contributed by atoms with Gasteiger partial charge in [-0.3, -0.25) is 4.79 Å². The smallest absolute Gasteiger partial charge is 0.211 e. The number of ether oxygens (including phenoxy) is 1. The van der Waals surface area contributed by atoms with Crippen LogP contribution < -0.4 is 5.32 Å². The van der Waals surface area contributed by atoms with E-state index in [1.54, 1.807) is 6.07 Å². The Kier molecular flexibility index (Phi) is 6.90. The highest BCUT2D eigenvalue weighted by Gasteiger charge is 2.41. The fraction of sp³-hybridized carbons (Fsp3) is 0.632. The molecule has 1 aliphatic rings. The number of aromatic hydroxyl groups is 1. The van der Waals surface area contributed by atoms with Crippen molar-refractivity contribution in [3.8, 4) is 5.75 Å². The van der Waals surface area contributed by atoms with Gasteiger partial charge in [0.2, 0.25) is 6.41 Å². The first-order valence-electron chi connectivity index (χ1n) is 8.84. The quantitative estimate of drug-likeness (QED) is 0.362. The standard InChI is InChI=1S/C19H29NO3/c1-2-3-4-5-6-7-8-12-19(13-23-14-19)16-10-9-11-17(18(16)22)20-15-21/h9-11,15,22H,2-8,12-14H2,1H3,(H,20,21). The lowest BCUT2D eigenvalue weighted by Crippen LogP contribution is -2.46. The molecule has 1 saturated heterocycles. The number of hydrogen-bond donors (Lipinski definition) is 2. The number of phenols is 1. The maximum Gasteiger partial charge on any atom is 0.211 e. The highest BCUT2D eigenvalue weighted by molar-refractivity contribution is 5.76. The van der Waals surface area contributed by atoms with E-state index in [1.165, 1.54) is 38.5 Å². The van der Waals surface area contributed by atoms with Crippen LogP contribution in [0.4, 0.5) is 5.69 Å². The van der Waals surface area contributed by atoms with Crippen LogP contribution in [-0.2, 0) is 14.9 Å². The van der Waals surface area contributed by atoms with Gasteiger partial charge >= 0.3 is 0 Å². The molecule has 1 aromatic carbocycles. The van der Waals surface area contributed by atoms with Crippen LogP contribution in [-0.4, -0.2) is 24.7 Å². The lowest BCUT2D eigenvalue weighted by molar-refractivity contribution is -0.105. The number of benzene rings is 1. The van der Waals surface area contributed by atoms with Crippen LogP contribution in [0.2, 0.25) is 0 Å². The maximum absolute atomic E-state index is 10.6. The lowest BCUT2D eigenvalue weighted by atomic mass is 9.74. The van der Waals surface area contributed by atoms with Crippen molar-refractivity contribution < 1.29 is 14.6 Å². The highest BCUT2D eigenvalue weighted by Crippen LogP contribution is 2.44. The number of rotatable bonds is 11. The second-order valence-corrected chi connectivity index (χ2v) is 6.61. The van der Waals surface area contributed by atoms with Gasteiger partial charge in [0.25, 0.3) is 0 Å². The minimum atomic E-state index is -0.0892. The van der Waals surface area contributed by atoms with Crippen LogP contribution in [0.3, 0.4) is 0 Å². The Morgan fingerprint density at radius 2 is 1.87 bits per heavy atom. The van der Waals surface area contributed by atoms with Gasteiger partial charge in [0.05, 0.1) is 18.9 Å². The van der Waals surface area contributed by atoms with Gasteiger partial charge in [-0.1, -0.05) is 64.0 Å². The number of anilines is 1. The van der Waals surface area contributed by atoms with Gasteiger partial charge in [-0.15, -0.1) is 0 Å². The maximum atomic E-state index is 10.6. The molecule has 0 aliphatic carbocycles. The van der Waals surface area contributed by atoms with Crippen LogP contribution in [0.15, 0.2) is 18.2 Å². The van der Waals surface area contributed by atoms with E-state index in [9.17, 15) is 9.90 Å². The summed E-state index contributed by atoms with van der Waals surface area (Å²) in [5.74, 6) is 0.186. The Morgan fingerprint density at radius 3 is 2.48 bits per heavy atom. The van der Waals surface area contributed by atoms with Gasteiger partial charge in [0.1, 0.15) is 5.75 Å². The van der Waals surface area contributed by atoms with Gasteiger partial charge in [-0.05, 0) is 12.5 Å². The molecule has 1 fully saturated rings. The molecule has 0 bridgehead atoms. The molecule has 1 heterocycles. The van der Waals surface area contributed by atoms with Crippen LogP contribution in [0.1, 0.15) is 63.9 Å². The molecule has 1 aliphatic heterocycles. The molecule has 23 heavy (non-hydrogen) atoms. The van der Waals surface area contributed by atoms with Crippen molar-refractivity contribution in [1.82, 2.24) is 0 Å². The van der Waals surface area contributed by atoms with E-state index in [1.807, 2.05) is 12.1 Å². The molecule has 0 atom stereocenters. The summed E-state index contributed by atoms with van der Waals surface area (Å²) in [6.07, 6.45) is 10.6. The summed E-state index contributed by atoms with van der Waals surface area (Å²) in [7, 11) is 0. The topological polar surface area (TPSA) is 58.6 Å². The minimum absolute atomic E-state index is 0.0892. The zero-order valence-electron chi connectivity index (χ0n) is 14.1. The highest BCUT2D eigenvalue weighted by atomic mass is 16.5. The van der Waals surface area contributed by atoms with Crippen LogP contribution in [0.25, 0.3) is 0 Å². The second-order valence-electron chi connectivity index (χ2n) is 6.61. The molecule has 4 nitrogen and oxygen atoms in total. The summed E-state index contributed by atoms with van der Waals surface area (Å²) >= 11 is 0. The van der Waals surface area contributed by atoms with Gasteiger partial charge in [-0.2, -0.15) is 0 Å². The molecule has 4 heteroatoms. The molecule has 2 N–H and O–H groups in total. The predicted octanol–water partition coefficient (Wildman–Crippen LogP) is 4.37. The van der Waals surface area contributed by atoms with E-state index in [0.717, 1.165) is 18.4 Å². The Morgan fingerprint density at radius 1 is 1.17 bits per heavy atom. The lowest BCUT2D eigenvalue weighted by Gasteiger charge is -2.42. The van der Waals surface area contributed by atoms with Gasteiger partial charge < -0.3 is 15.2 Å². The number of para-hydroxylation sites is 1. The Hall–Kier alpha value is -1.55. The van der Waals surface area contributed by atoms with Gasteiger partial charge in [0, 0.05) is 11.0 Å². The Balaban J connectivity index is 1.90. The average Bonchev–Trinajstić information content (AvgIpc) is 2.51. The summed E-state index contributed by atoms with van der Waals surface area (Å²) < 4.78 is 5.46. The third kappa shape index (κ3) is 4.47. The van der Waals surface area contributed by atoms with Crippen molar-refractivity contribution in [1.29, 1.82) is 0 Å². The molecular weight excluding hydrogens is 290 g/mol. The predicted molar refractivity (Wildman–Crippen MR) is 92.9 cm³/mol. The largest absolute Gasteiger partial charge is 0.505 e. The summed E-state index contributed by atoms with van der Waals surface area (Å²) in [5.41, 5.74) is 1.29. The minimum Gasteiger partial charge on any atom is -0.505 e. The van der Waals surface area contributed by atoms with Crippen molar-refractivity contribution >= 4 is 12.1 Å². The second kappa shape index (κ2) is 8.92. The van der Waals surface area contributed by atoms with Crippen LogP contribution in [0.5, 0.6) is 5.75 Å². The molecule has 0 saturated carbocycles. The zero-order chi connectivity index (χ0) is 16.5. The third-order valence-corrected chi connectivity index (χ3v) is 4.84. The Bertz CT molecular complexity index is 497. The SMILES string of the molecule is CCCCCCCCCC1(c2cccc(NC=O)c2O)COC1. The average molecular weight is 319 g/mol. The number of carbonyl (C=O) groups excluding carboxylic acids is 1. The van der Waals surface area contributed by atoms with E-state index in [2.05, 4.69) is 12.2 Å². The number of nitrogens with one attached hydrogen (secondary N) is 1. The summed E-state index contributed by atoms with van der Waals surface area (Å²) in [6, 6.07) is 5.55. The first-order valence-corrected chi connectivity index (χ1v) is 8.84. The van der Waals surface area contributed by atoms with Crippen LogP contribution >= 0.6 is 0 Å². The molecule has 0 unspecified atom stereocenters. The summed E-state index contributed by atoms with van der Waals surface area (Å²) in [4.78, 5) is 10.6. The molecule has 1 aromatic rings. The van der Waals surface area contributed by atoms with Gasteiger partial charge in [0.15, 0.2) is 0 Å². The molecule has 0 aromatic heterocycles. The molecule has 0 spiro atoms. The first kappa shape index (κ1) is 17.8. The van der Waals surface area contributed by atoms with E-state index >= 15 is 0 Å². The summed E-state index contributed by atoms with van der Waals surface area (Å²) in [6.45, 7) is 3.54. The fourth-order valence-electron chi connectivity index (χ4n) is 3.35. The number of hydrogen-bond acceptors (Lipinski definition) is 3. The van der Waals surface area contributed by atoms with E-state index in [-0.39, 0.29) is 11.2 Å². The van der Waals surface area contributed by atoms with E-state index in [4.69, 9.17) is 4.74 Å². The van der Waals surface area contributed by atoms with Crippen molar-refractivity contribution in [2.45, 2.75) is 63.7 Å². The van der Waals surface area contributed by atoms with E-state index in [0.29, 0.717) is 25.3 Å². The van der Waals surface area contributed by atoms with Crippen molar-refractivity contribution in [3.63, 3.8) is 0 Å².